The lowest BCUT2D eigenvalue weighted by Crippen LogP contribution is -2.36. The van der Waals surface area contributed by atoms with E-state index in [2.05, 4.69) is 10.6 Å². The lowest BCUT2D eigenvalue weighted by atomic mass is 10.1. The Labute approximate surface area is 161 Å². The van der Waals surface area contributed by atoms with Crippen molar-refractivity contribution in [1.29, 1.82) is 0 Å². The Hall–Kier alpha value is -2.93. The topological polar surface area (TPSA) is 108 Å². The number of carbonyl (C=O) groups is 2. The molecule has 2 amide bonds. The summed E-state index contributed by atoms with van der Waals surface area (Å²) >= 11 is 6.09. The first kappa shape index (κ1) is 20.4. The number of ether oxygens (including phenoxy) is 1. The number of phenolic OH excluding ortho intramolecular Hbond substituents is 2. The maximum absolute atomic E-state index is 11.9. The van der Waals surface area contributed by atoms with Crippen LogP contribution in [0.25, 0.3) is 0 Å². The zero-order chi connectivity index (χ0) is 20.0. The third-order valence-electron chi connectivity index (χ3n) is 3.68. The first-order valence-corrected chi connectivity index (χ1v) is 8.61. The van der Waals surface area contributed by atoms with Crippen molar-refractivity contribution in [3.63, 3.8) is 0 Å². The fourth-order valence-electron chi connectivity index (χ4n) is 2.40. The third-order valence-corrected chi connectivity index (χ3v) is 4.27. The highest BCUT2D eigenvalue weighted by atomic mass is 35.5. The molecule has 0 aliphatic rings. The SMILES string of the molecule is Cc1cc(OCC(=O)NCCNC(=O)c2cc(O)cc(O)c2)cc(C)c1Cl. The van der Waals surface area contributed by atoms with Gasteiger partial charge in [-0.2, -0.15) is 0 Å². The van der Waals surface area contributed by atoms with E-state index in [1.54, 1.807) is 12.1 Å². The van der Waals surface area contributed by atoms with Crippen molar-refractivity contribution >= 4 is 23.4 Å². The van der Waals surface area contributed by atoms with Crippen LogP contribution < -0.4 is 15.4 Å². The van der Waals surface area contributed by atoms with Crippen LogP contribution in [0.1, 0.15) is 21.5 Å². The van der Waals surface area contributed by atoms with Crippen molar-refractivity contribution in [2.45, 2.75) is 13.8 Å². The van der Waals surface area contributed by atoms with Crippen molar-refractivity contribution in [3.05, 3.63) is 52.0 Å². The third kappa shape index (κ3) is 6.07. The van der Waals surface area contributed by atoms with Crippen LogP contribution in [-0.4, -0.2) is 41.7 Å². The van der Waals surface area contributed by atoms with E-state index >= 15 is 0 Å². The summed E-state index contributed by atoms with van der Waals surface area (Å²) in [6, 6.07) is 7.11. The summed E-state index contributed by atoms with van der Waals surface area (Å²) < 4.78 is 5.44. The van der Waals surface area contributed by atoms with Gasteiger partial charge in [-0.05, 0) is 49.2 Å². The van der Waals surface area contributed by atoms with Gasteiger partial charge in [-0.3, -0.25) is 9.59 Å². The number of carbonyl (C=O) groups excluding carboxylic acids is 2. The highest BCUT2D eigenvalue weighted by molar-refractivity contribution is 6.32. The molecule has 2 rings (SSSR count). The molecule has 8 heteroatoms. The molecule has 27 heavy (non-hydrogen) atoms. The van der Waals surface area contributed by atoms with Crippen molar-refractivity contribution < 1.29 is 24.5 Å². The number of halogens is 1. The van der Waals surface area contributed by atoms with Crippen LogP contribution in [-0.2, 0) is 4.79 Å². The molecule has 0 atom stereocenters. The summed E-state index contributed by atoms with van der Waals surface area (Å²) in [5, 5.41) is 24.6. The number of aromatic hydroxyl groups is 2. The molecule has 0 saturated heterocycles. The van der Waals surface area contributed by atoms with Crippen LogP contribution in [0.4, 0.5) is 0 Å². The van der Waals surface area contributed by atoms with E-state index in [1.807, 2.05) is 13.8 Å². The molecule has 2 aromatic carbocycles. The lowest BCUT2D eigenvalue weighted by molar-refractivity contribution is -0.123. The van der Waals surface area contributed by atoms with Crippen LogP contribution in [0.2, 0.25) is 5.02 Å². The van der Waals surface area contributed by atoms with E-state index in [4.69, 9.17) is 16.3 Å². The molecule has 2 aromatic rings. The van der Waals surface area contributed by atoms with Crippen LogP contribution in [0, 0.1) is 13.8 Å². The number of benzene rings is 2. The van der Waals surface area contributed by atoms with Crippen LogP contribution in [0.3, 0.4) is 0 Å². The molecule has 0 bridgehead atoms. The number of amides is 2. The smallest absolute Gasteiger partial charge is 0.258 e. The number of phenols is 2. The van der Waals surface area contributed by atoms with Crippen molar-refractivity contribution in [1.82, 2.24) is 10.6 Å². The molecule has 0 spiro atoms. The highest BCUT2D eigenvalue weighted by Crippen LogP contribution is 2.25. The van der Waals surface area contributed by atoms with E-state index in [0.717, 1.165) is 17.2 Å². The number of nitrogens with one attached hydrogen (secondary N) is 2. The molecule has 0 radical (unpaired) electrons. The van der Waals surface area contributed by atoms with Gasteiger partial charge in [0.25, 0.3) is 11.8 Å². The molecule has 0 heterocycles. The molecule has 0 unspecified atom stereocenters. The summed E-state index contributed by atoms with van der Waals surface area (Å²) in [7, 11) is 0. The molecule has 4 N–H and O–H groups in total. The molecular weight excluding hydrogens is 372 g/mol. The predicted molar refractivity (Wildman–Crippen MR) is 102 cm³/mol. The standard InChI is InChI=1S/C19H21ClN2O5/c1-11-5-16(6-12(2)18(11)20)27-10-17(25)21-3-4-22-19(26)13-7-14(23)9-15(24)8-13/h5-9,23-24H,3-4,10H2,1-2H3,(H,21,25)(H,22,26). The van der Waals surface area contributed by atoms with Gasteiger partial charge in [0.1, 0.15) is 17.2 Å². The zero-order valence-corrected chi connectivity index (χ0v) is 15.8. The average Bonchev–Trinajstić information content (AvgIpc) is 2.60. The van der Waals surface area contributed by atoms with E-state index in [1.165, 1.54) is 12.1 Å². The summed E-state index contributed by atoms with van der Waals surface area (Å²) in [6.07, 6.45) is 0. The van der Waals surface area contributed by atoms with Crippen LogP contribution in [0.15, 0.2) is 30.3 Å². The van der Waals surface area contributed by atoms with Gasteiger partial charge >= 0.3 is 0 Å². The van der Waals surface area contributed by atoms with Gasteiger partial charge in [-0.15, -0.1) is 0 Å². The van der Waals surface area contributed by atoms with Gasteiger partial charge in [0.15, 0.2) is 6.61 Å². The molecule has 0 aliphatic carbocycles. The van der Waals surface area contributed by atoms with E-state index < -0.39 is 5.91 Å². The first-order chi connectivity index (χ1) is 12.8. The molecule has 144 valence electrons. The number of hydrogen-bond acceptors (Lipinski definition) is 5. The Morgan fingerprint density at radius 1 is 0.963 bits per heavy atom. The zero-order valence-electron chi connectivity index (χ0n) is 15.0. The number of hydrogen-bond donors (Lipinski definition) is 4. The molecule has 0 fully saturated rings. The summed E-state index contributed by atoms with van der Waals surface area (Å²) in [5.74, 6) is -0.665. The monoisotopic (exact) mass is 392 g/mol. The summed E-state index contributed by atoms with van der Waals surface area (Å²) in [5.41, 5.74) is 1.86. The van der Waals surface area contributed by atoms with Gasteiger partial charge < -0.3 is 25.6 Å². The van der Waals surface area contributed by atoms with Gasteiger partial charge in [-0.1, -0.05) is 11.6 Å². The van der Waals surface area contributed by atoms with E-state index in [0.29, 0.717) is 10.8 Å². The predicted octanol–water partition coefficient (Wildman–Crippen LogP) is 2.29. The Bertz CT molecular complexity index is 811. The maximum Gasteiger partial charge on any atom is 0.258 e. The van der Waals surface area contributed by atoms with Gasteiger partial charge in [0.2, 0.25) is 0 Å². The fourth-order valence-corrected chi connectivity index (χ4v) is 2.50. The quantitative estimate of drug-likeness (QED) is 0.541. The molecule has 7 nitrogen and oxygen atoms in total. The Balaban J connectivity index is 1.72. The minimum Gasteiger partial charge on any atom is -0.508 e. The van der Waals surface area contributed by atoms with Crippen LogP contribution >= 0.6 is 11.6 Å². The summed E-state index contributed by atoms with van der Waals surface area (Å²) in [6.45, 7) is 3.95. The van der Waals surface area contributed by atoms with E-state index in [9.17, 15) is 19.8 Å². The Morgan fingerprint density at radius 3 is 2.11 bits per heavy atom. The molecular formula is C19H21ClN2O5. The number of rotatable bonds is 7. The molecule has 0 aliphatic heterocycles. The van der Waals surface area contributed by atoms with Crippen molar-refractivity contribution in [3.8, 4) is 17.2 Å². The highest BCUT2D eigenvalue weighted by Gasteiger charge is 2.09. The van der Waals surface area contributed by atoms with E-state index in [-0.39, 0.29) is 42.7 Å². The summed E-state index contributed by atoms with van der Waals surface area (Å²) in [4.78, 5) is 23.7. The minimum atomic E-state index is -0.473. The van der Waals surface area contributed by atoms with Gasteiger partial charge in [0.05, 0.1) is 0 Å². The second-order valence-electron chi connectivity index (χ2n) is 6.00. The number of aryl methyl sites for hydroxylation is 2. The maximum atomic E-state index is 11.9. The fraction of sp³-hybridized carbons (Fsp3) is 0.263. The molecule has 0 saturated carbocycles. The second-order valence-corrected chi connectivity index (χ2v) is 6.38. The van der Waals surface area contributed by atoms with Crippen molar-refractivity contribution in [2.75, 3.05) is 19.7 Å². The Kier molecular flexibility index (Phi) is 6.90. The largest absolute Gasteiger partial charge is 0.508 e. The first-order valence-electron chi connectivity index (χ1n) is 8.23. The second kappa shape index (κ2) is 9.14. The lowest BCUT2D eigenvalue weighted by Gasteiger charge is -2.11. The Morgan fingerprint density at radius 2 is 1.52 bits per heavy atom. The minimum absolute atomic E-state index is 0.121. The normalized spacial score (nSPS) is 10.3. The van der Waals surface area contributed by atoms with Gasteiger partial charge in [0, 0.05) is 29.7 Å². The van der Waals surface area contributed by atoms with Crippen LogP contribution in [0.5, 0.6) is 17.2 Å². The van der Waals surface area contributed by atoms with Crippen molar-refractivity contribution in [2.24, 2.45) is 0 Å². The van der Waals surface area contributed by atoms with Gasteiger partial charge in [-0.25, -0.2) is 0 Å². The molecule has 0 aromatic heterocycles. The average molecular weight is 393 g/mol.